The Morgan fingerprint density at radius 3 is 2.74 bits per heavy atom. The maximum atomic E-state index is 3.65. The van der Waals surface area contributed by atoms with Crippen LogP contribution in [0.4, 0.5) is 5.69 Å². The molecule has 1 aromatic rings. The molecule has 0 aromatic heterocycles. The molecule has 1 aliphatic heterocycles. The van der Waals surface area contributed by atoms with E-state index in [-0.39, 0.29) is 0 Å². The Labute approximate surface area is 120 Å². The largest absolute Gasteiger partial charge is 0.383 e. The third-order valence-electron chi connectivity index (χ3n) is 4.18. The van der Waals surface area contributed by atoms with Gasteiger partial charge in [-0.25, -0.2) is 0 Å². The topological polar surface area (TPSA) is 24.1 Å². The van der Waals surface area contributed by atoms with E-state index in [0.717, 1.165) is 11.8 Å². The third kappa shape index (κ3) is 3.67. The molecule has 3 rings (SSSR count). The molecule has 19 heavy (non-hydrogen) atoms. The fraction of sp³-hybridized carbons (Fsp3) is 0.625. The van der Waals surface area contributed by atoms with Crippen molar-refractivity contribution >= 4 is 17.4 Å². The second-order valence-electron chi connectivity index (χ2n) is 5.69. The molecule has 1 aromatic carbocycles. The van der Waals surface area contributed by atoms with Crippen LogP contribution in [0, 0.1) is 0 Å². The minimum Gasteiger partial charge on any atom is -0.383 e. The minimum atomic E-state index is 0.657. The zero-order valence-corrected chi connectivity index (χ0v) is 12.3. The smallest absolute Gasteiger partial charge is 0.0479 e. The summed E-state index contributed by atoms with van der Waals surface area (Å²) in [5.41, 5.74) is 1.33. The number of thioether (sulfide) groups is 1. The van der Waals surface area contributed by atoms with Crippen LogP contribution in [0.1, 0.15) is 38.5 Å². The first-order valence-electron chi connectivity index (χ1n) is 7.65. The van der Waals surface area contributed by atoms with Crippen molar-refractivity contribution in [1.29, 1.82) is 0 Å². The summed E-state index contributed by atoms with van der Waals surface area (Å²) in [5.74, 6) is 0. The number of benzene rings is 1. The van der Waals surface area contributed by atoms with E-state index in [2.05, 4.69) is 46.7 Å². The highest BCUT2D eigenvalue weighted by Gasteiger charge is 2.18. The van der Waals surface area contributed by atoms with Gasteiger partial charge in [0.2, 0.25) is 0 Å². The van der Waals surface area contributed by atoms with Gasteiger partial charge in [0.05, 0.1) is 0 Å². The van der Waals surface area contributed by atoms with E-state index in [9.17, 15) is 0 Å². The zero-order valence-electron chi connectivity index (χ0n) is 11.5. The number of hydrogen-bond acceptors (Lipinski definition) is 3. The molecule has 1 atom stereocenters. The fourth-order valence-corrected chi connectivity index (χ4v) is 4.42. The van der Waals surface area contributed by atoms with Gasteiger partial charge in [0.15, 0.2) is 0 Å². The summed E-state index contributed by atoms with van der Waals surface area (Å²) < 4.78 is 0. The fourth-order valence-electron chi connectivity index (χ4n) is 3.07. The van der Waals surface area contributed by atoms with Gasteiger partial charge in [-0.1, -0.05) is 25.0 Å². The van der Waals surface area contributed by atoms with Crippen molar-refractivity contribution in [3.8, 4) is 0 Å². The van der Waals surface area contributed by atoms with Crippen molar-refractivity contribution in [2.45, 2.75) is 54.7 Å². The molecule has 1 heterocycles. The molecule has 0 bridgehead atoms. The lowest BCUT2D eigenvalue weighted by molar-refractivity contribution is 0.633. The first kappa shape index (κ1) is 13.3. The average molecular weight is 276 g/mol. The summed E-state index contributed by atoms with van der Waals surface area (Å²) in [6.45, 7) is 2.24. The Morgan fingerprint density at radius 1 is 1.11 bits per heavy atom. The lowest BCUT2D eigenvalue weighted by atomic mass is 10.2. The molecule has 1 aliphatic carbocycles. The Bertz CT molecular complexity index is 395. The first-order chi connectivity index (χ1) is 9.42. The molecule has 2 fully saturated rings. The molecule has 2 N–H and O–H groups in total. The number of para-hydroxylation sites is 1. The molecule has 1 saturated carbocycles. The summed E-state index contributed by atoms with van der Waals surface area (Å²) in [6.07, 6.45) is 8.25. The first-order valence-corrected chi connectivity index (χ1v) is 8.53. The molecule has 3 heteroatoms. The van der Waals surface area contributed by atoms with Gasteiger partial charge in [0.1, 0.15) is 0 Å². The number of rotatable bonds is 5. The Kier molecular flexibility index (Phi) is 4.67. The van der Waals surface area contributed by atoms with Gasteiger partial charge in [-0.3, -0.25) is 0 Å². The van der Waals surface area contributed by atoms with Crippen molar-refractivity contribution in [3.05, 3.63) is 24.3 Å². The molecular formula is C16H24N2S. The van der Waals surface area contributed by atoms with Crippen molar-refractivity contribution in [2.24, 2.45) is 0 Å². The van der Waals surface area contributed by atoms with E-state index in [1.54, 1.807) is 0 Å². The van der Waals surface area contributed by atoms with Gasteiger partial charge in [-0.2, -0.15) is 0 Å². The van der Waals surface area contributed by atoms with Crippen LogP contribution >= 0.6 is 11.8 Å². The second kappa shape index (κ2) is 6.67. The highest BCUT2D eigenvalue weighted by molar-refractivity contribution is 8.00. The van der Waals surface area contributed by atoms with Crippen LogP contribution in [-0.4, -0.2) is 24.4 Å². The van der Waals surface area contributed by atoms with Crippen LogP contribution in [0.5, 0.6) is 0 Å². The SMILES string of the molecule is c1ccc(SC2CCCC2)c(NCC2CCCN2)c1. The minimum absolute atomic E-state index is 0.657. The highest BCUT2D eigenvalue weighted by atomic mass is 32.2. The van der Waals surface area contributed by atoms with Crippen LogP contribution < -0.4 is 10.6 Å². The number of anilines is 1. The third-order valence-corrected chi connectivity index (χ3v) is 5.60. The summed E-state index contributed by atoms with van der Waals surface area (Å²) in [5, 5.41) is 8.04. The maximum Gasteiger partial charge on any atom is 0.0479 e. The lowest BCUT2D eigenvalue weighted by Gasteiger charge is -2.17. The Hall–Kier alpha value is -0.670. The van der Waals surface area contributed by atoms with Crippen LogP contribution in [0.3, 0.4) is 0 Å². The van der Waals surface area contributed by atoms with Gasteiger partial charge in [0, 0.05) is 28.4 Å². The lowest BCUT2D eigenvalue weighted by Crippen LogP contribution is -2.29. The standard InChI is InChI=1S/C16H24N2S/c1-2-8-14(7-1)19-16-10-4-3-9-15(16)18-12-13-6-5-11-17-13/h3-4,9-10,13-14,17-18H,1-2,5-8,11-12H2. The summed E-state index contributed by atoms with van der Waals surface area (Å²) in [6, 6.07) is 9.46. The van der Waals surface area contributed by atoms with E-state index >= 15 is 0 Å². The molecular weight excluding hydrogens is 252 g/mol. The number of nitrogens with one attached hydrogen (secondary N) is 2. The predicted molar refractivity (Wildman–Crippen MR) is 84.1 cm³/mol. The monoisotopic (exact) mass is 276 g/mol. The number of hydrogen-bond donors (Lipinski definition) is 2. The van der Waals surface area contributed by atoms with Crippen molar-refractivity contribution < 1.29 is 0 Å². The van der Waals surface area contributed by atoms with Gasteiger partial charge in [0.25, 0.3) is 0 Å². The summed E-state index contributed by atoms with van der Waals surface area (Å²) in [7, 11) is 0. The normalized spacial score (nSPS) is 23.9. The summed E-state index contributed by atoms with van der Waals surface area (Å²) >= 11 is 2.08. The quantitative estimate of drug-likeness (QED) is 0.853. The second-order valence-corrected chi connectivity index (χ2v) is 7.04. The zero-order chi connectivity index (χ0) is 12.9. The van der Waals surface area contributed by atoms with E-state index in [1.165, 1.54) is 55.7 Å². The van der Waals surface area contributed by atoms with Crippen LogP contribution in [0.2, 0.25) is 0 Å². The predicted octanol–water partition coefficient (Wildman–Crippen LogP) is 3.89. The van der Waals surface area contributed by atoms with Gasteiger partial charge >= 0.3 is 0 Å². The average Bonchev–Trinajstić information content (AvgIpc) is 3.10. The molecule has 1 unspecified atom stereocenters. The molecule has 104 valence electrons. The Balaban J connectivity index is 1.59. The molecule has 0 radical (unpaired) electrons. The van der Waals surface area contributed by atoms with Crippen molar-refractivity contribution in [1.82, 2.24) is 5.32 Å². The van der Waals surface area contributed by atoms with E-state index < -0.39 is 0 Å². The van der Waals surface area contributed by atoms with Crippen molar-refractivity contribution in [3.63, 3.8) is 0 Å². The molecule has 1 saturated heterocycles. The van der Waals surface area contributed by atoms with Gasteiger partial charge < -0.3 is 10.6 Å². The van der Waals surface area contributed by atoms with Crippen LogP contribution in [-0.2, 0) is 0 Å². The maximum absolute atomic E-state index is 3.65. The molecule has 0 amide bonds. The highest BCUT2D eigenvalue weighted by Crippen LogP contribution is 2.37. The van der Waals surface area contributed by atoms with E-state index in [1.807, 2.05) is 0 Å². The van der Waals surface area contributed by atoms with Gasteiger partial charge in [-0.15, -0.1) is 11.8 Å². The molecule has 0 spiro atoms. The van der Waals surface area contributed by atoms with Crippen LogP contribution in [0.25, 0.3) is 0 Å². The summed E-state index contributed by atoms with van der Waals surface area (Å²) in [4.78, 5) is 1.44. The van der Waals surface area contributed by atoms with E-state index in [4.69, 9.17) is 0 Å². The Morgan fingerprint density at radius 2 is 1.95 bits per heavy atom. The van der Waals surface area contributed by atoms with Crippen molar-refractivity contribution in [2.75, 3.05) is 18.4 Å². The van der Waals surface area contributed by atoms with Gasteiger partial charge in [-0.05, 0) is 44.4 Å². The molecule has 2 nitrogen and oxygen atoms in total. The van der Waals surface area contributed by atoms with Crippen LogP contribution in [0.15, 0.2) is 29.2 Å². The van der Waals surface area contributed by atoms with E-state index in [0.29, 0.717) is 6.04 Å². The molecule has 2 aliphatic rings.